The van der Waals surface area contributed by atoms with Gasteiger partial charge in [0.05, 0.1) is 6.61 Å². The van der Waals surface area contributed by atoms with Crippen molar-refractivity contribution in [2.75, 3.05) is 25.4 Å². The molecule has 0 atom stereocenters. The molecule has 18 heavy (non-hydrogen) atoms. The minimum atomic E-state index is 0.284. The number of rotatable bonds is 7. The van der Waals surface area contributed by atoms with Crippen molar-refractivity contribution in [1.82, 2.24) is 4.90 Å². The Morgan fingerprint density at radius 2 is 1.83 bits per heavy atom. The Hall–Kier alpha value is -0.510. The van der Waals surface area contributed by atoms with Crippen molar-refractivity contribution >= 4 is 11.8 Å². The molecule has 0 unspecified atom stereocenters. The fourth-order valence-electron chi connectivity index (χ4n) is 2.67. The highest BCUT2D eigenvalue weighted by atomic mass is 32.2. The van der Waals surface area contributed by atoms with E-state index < -0.39 is 0 Å². The molecule has 1 saturated carbocycles. The molecule has 0 aromatic heterocycles. The van der Waals surface area contributed by atoms with Crippen LogP contribution in [0.3, 0.4) is 0 Å². The van der Waals surface area contributed by atoms with E-state index in [-0.39, 0.29) is 6.61 Å². The molecule has 0 aliphatic heterocycles. The average Bonchev–Trinajstić information content (AvgIpc) is 2.93. The molecule has 0 saturated heterocycles. The van der Waals surface area contributed by atoms with Crippen molar-refractivity contribution in [3.05, 3.63) is 30.3 Å². The van der Waals surface area contributed by atoms with Crippen LogP contribution in [0, 0.1) is 0 Å². The Morgan fingerprint density at radius 3 is 2.50 bits per heavy atom. The minimum absolute atomic E-state index is 0.284. The normalized spacial score (nSPS) is 16.6. The summed E-state index contributed by atoms with van der Waals surface area (Å²) >= 11 is 1.91. The highest BCUT2D eigenvalue weighted by molar-refractivity contribution is 7.99. The molecule has 1 N–H and O–H groups in total. The molecule has 1 aliphatic carbocycles. The van der Waals surface area contributed by atoms with Crippen LogP contribution in [0.2, 0.25) is 0 Å². The fraction of sp³-hybridized carbons (Fsp3) is 0.600. The summed E-state index contributed by atoms with van der Waals surface area (Å²) < 4.78 is 0. The van der Waals surface area contributed by atoms with Gasteiger partial charge in [0.15, 0.2) is 0 Å². The van der Waals surface area contributed by atoms with Gasteiger partial charge in [-0.15, -0.1) is 11.8 Å². The molecule has 0 radical (unpaired) electrons. The summed E-state index contributed by atoms with van der Waals surface area (Å²) in [6.07, 6.45) is 5.35. The molecule has 0 amide bonds. The Labute approximate surface area is 114 Å². The summed E-state index contributed by atoms with van der Waals surface area (Å²) in [6, 6.07) is 11.3. The van der Waals surface area contributed by atoms with Crippen molar-refractivity contribution in [3.8, 4) is 0 Å². The number of thioether (sulfide) groups is 1. The number of hydrogen-bond acceptors (Lipinski definition) is 3. The Bertz CT molecular complexity index is 325. The van der Waals surface area contributed by atoms with E-state index in [0.29, 0.717) is 6.04 Å². The zero-order valence-electron chi connectivity index (χ0n) is 10.9. The van der Waals surface area contributed by atoms with Gasteiger partial charge in [0.25, 0.3) is 0 Å². The van der Waals surface area contributed by atoms with E-state index in [1.165, 1.54) is 30.6 Å². The van der Waals surface area contributed by atoms with Crippen LogP contribution in [0.25, 0.3) is 0 Å². The van der Waals surface area contributed by atoms with Gasteiger partial charge in [0.2, 0.25) is 0 Å². The maximum Gasteiger partial charge on any atom is 0.0558 e. The van der Waals surface area contributed by atoms with E-state index in [2.05, 4.69) is 35.2 Å². The van der Waals surface area contributed by atoms with Crippen molar-refractivity contribution < 1.29 is 5.11 Å². The van der Waals surface area contributed by atoms with Gasteiger partial charge in [-0.25, -0.2) is 0 Å². The van der Waals surface area contributed by atoms with Crippen molar-refractivity contribution in [3.63, 3.8) is 0 Å². The Morgan fingerprint density at radius 1 is 1.11 bits per heavy atom. The van der Waals surface area contributed by atoms with Crippen LogP contribution >= 0.6 is 11.8 Å². The second kappa shape index (κ2) is 7.82. The van der Waals surface area contributed by atoms with Crippen LogP contribution in [0.15, 0.2) is 35.2 Å². The van der Waals surface area contributed by atoms with Crippen LogP contribution < -0.4 is 0 Å². The van der Waals surface area contributed by atoms with Crippen LogP contribution in [-0.4, -0.2) is 41.5 Å². The summed E-state index contributed by atoms with van der Waals surface area (Å²) in [4.78, 5) is 3.82. The van der Waals surface area contributed by atoms with Crippen LogP contribution in [0.1, 0.15) is 25.7 Å². The van der Waals surface area contributed by atoms with Gasteiger partial charge in [0, 0.05) is 29.8 Å². The summed E-state index contributed by atoms with van der Waals surface area (Å²) in [5, 5.41) is 9.16. The maximum absolute atomic E-state index is 9.16. The van der Waals surface area contributed by atoms with E-state index in [9.17, 15) is 0 Å². The van der Waals surface area contributed by atoms with E-state index >= 15 is 0 Å². The molecular formula is C15H23NOS. The first-order chi connectivity index (χ1) is 8.90. The first-order valence-corrected chi connectivity index (χ1v) is 7.91. The molecule has 1 aliphatic rings. The third-order valence-corrected chi connectivity index (χ3v) is 4.61. The summed E-state index contributed by atoms with van der Waals surface area (Å²) in [7, 11) is 0. The zero-order chi connectivity index (χ0) is 12.6. The highest BCUT2D eigenvalue weighted by Gasteiger charge is 2.21. The number of aliphatic hydroxyl groups excluding tert-OH is 1. The number of benzene rings is 1. The number of nitrogens with zero attached hydrogens (tertiary/aromatic N) is 1. The first kappa shape index (κ1) is 13.9. The lowest BCUT2D eigenvalue weighted by atomic mass is 10.2. The third kappa shape index (κ3) is 4.30. The highest BCUT2D eigenvalue weighted by Crippen LogP contribution is 2.24. The average molecular weight is 265 g/mol. The molecular weight excluding hydrogens is 242 g/mol. The van der Waals surface area contributed by atoms with Crippen LogP contribution in [-0.2, 0) is 0 Å². The predicted molar refractivity (Wildman–Crippen MR) is 78.1 cm³/mol. The van der Waals surface area contributed by atoms with Gasteiger partial charge < -0.3 is 5.11 Å². The molecule has 0 spiro atoms. The summed E-state index contributed by atoms with van der Waals surface area (Å²) in [5.41, 5.74) is 0. The maximum atomic E-state index is 9.16. The van der Waals surface area contributed by atoms with Gasteiger partial charge in [-0.3, -0.25) is 4.90 Å². The molecule has 0 bridgehead atoms. The molecule has 1 aromatic carbocycles. The zero-order valence-corrected chi connectivity index (χ0v) is 11.7. The van der Waals surface area contributed by atoms with Gasteiger partial charge in [-0.2, -0.15) is 0 Å². The molecule has 1 aromatic rings. The third-order valence-electron chi connectivity index (χ3n) is 3.62. The van der Waals surface area contributed by atoms with E-state index in [1.807, 2.05) is 11.8 Å². The Balaban J connectivity index is 1.75. The molecule has 3 heteroatoms. The lowest BCUT2D eigenvalue weighted by Gasteiger charge is -2.27. The van der Waals surface area contributed by atoms with Gasteiger partial charge in [-0.1, -0.05) is 31.0 Å². The topological polar surface area (TPSA) is 23.5 Å². The standard InChI is InChI=1S/C15H23NOS/c17-12-10-16(14-6-4-5-7-14)11-13-18-15-8-2-1-3-9-15/h1-3,8-9,14,17H,4-7,10-13H2. The monoisotopic (exact) mass is 265 g/mol. The summed E-state index contributed by atoms with van der Waals surface area (Å²) in [5.74, 6) is 1.11. The SMILES string of the molecule is OCCN(CCSc1ccccc1)C1CCCC1. The minimum Gasteiger partial charge on any atom is -0.395 e. The molecule has 0 heterocycles. The first-order valence-electron chi connectivity index (χ1n) is 6.93. The molecule has 2 rings (SSSR count). The largest absolute Gasteiger partial charge is 0.395 e. The van der Waals surface area contributed by atoms with Crippen LogP contribution in [0.4, 0.5) is 0 Å². The quantitative estimate of drug-likeness (QED) is 0.767. The van der Waals surface area contributed by atoms with Crippen LogP contribution in [0.5, 0.6) is 0 Å². The van der Waals surface area contributed by atoms with Gasteiger partial charge >= 0.3 is 0 Å². The fourth-order valence-corrected chi connectivity index (χ4v) is 3.58. The second-order valence-corrected chi connectivity index (χ2v) is 6.03. The van der Waals surface area contributed by atoms with E-state index in [0.717, 1.165) is 18.8 Å². The number of hydrogen-bond donors (Lipinski definition) is 1. The lowest BCUT2D eigenvalue weighted by Crippen LogP contribution is -2.37. The van der Waals surface area contributed by atoms with Gasteiger partial charge in [-0.05, 0) is 25.0 Å². The van der Waals surface area contributed by atoms with Crippen molar-refractivity contribution in [2.45, 2.75) is 36.6 Å². The molecule has 2 nitrogen and oxygen atoms in total. The number of aliphatic hydroxyl groups is 1. The predicted octanol–water partition coefficient (Wildman–Crippen LogP) is 3.02. The van der Waals surface area contributed by atoms with Crippen molar-refractivity contribution in [1.29, 1.82) is 0 Å². The second-order valence-electron chi connectivity index (χ2n) is 4.86. The molecule has 100 valence electrons. The van der Waals surface area contributed by atoms with E-state index in [1.54, 1.807) is 0 Å². The van der Waals surface area contributed by atoms with Crippen molar-refractivity contribution in [2.24, 2.45) is 0 Å². The van der Waals surface area contributed by atoms with E-state index in [4.69, 9.17) is 5.11 Å². The smallest absolute Gasteiger partial charge is 0.0558 e. The Kier molecular flexibility index (Phi) is 6.05. The summed E-state index contributed by atoms with van der Waals surface area (Å²) in [6.45, 7) is 2.21. The molecule has 1 fully saturated rings. The lowest BCUT2D eigenvalue weighted by molar-refractivity contribution is 0.159. The van der Waals surface area contributed by atoms with Gasteiger partial charge in [0.1, 0.15) is 0 Å².